The smallest absolute Gasteiger partial charge is 0.361 e. The van der Waals surface area contributed by atoms with Crippen LogP contribution in [0.5, 0.6) is 0 Å². The van der Waals surface area contributed by atoms with Crippen LogP contribution in [0.2, 0.25) is 0 Å². The molecule has 1 atom stereocenters. The number of nitrogens with two attached hydrogens (primary N) is 1. The molecule has 88 valence electrons. The normalized spacial score (nSPS) is 19.9. The van der Waals surface area contributed by atoms with Crippen LogP contribution in [0.15, 0.2) is 6.20 Å². The third kappa shape index (κ3) is 2.16. The summed E-state index contributed by atoms with van der Waals surface area (Å²) in [5, 5.41) is 4.05. The highest BCUT2D eigenvalue weighted by atomic mass is 16.6. The van der Waals surface area contributed by atoms with E-state index in [2.05, 4.69) is 5.10 Å². The lowest BCUT2D eigenvalue weighted by Gasteiger charge is -2.08. The predicted molar refractivity (Wildman–Crippen MR) is 57.0 cm³/mol. The molecule has 1 unspecified atom stereocenters. The first-order valence-corrected chi connectivity index (χ1v) is 5.32. The van der Waals surface area contributed by atoms with Gasteiger partial charge in [-0.2, -0.15) is 5.10 Å². The number of ether oxygens (including phenoxy) is 2. The number of carbonyl (C=O) groups excluding carboxylic acids is 1. The maximum absolute atomic E-state index is 11.7. The zero-order valence-electron chi connectivity index (χ0n) is 9.18. The quantitative estimate of drug-likeness (QED) is 0.755. The summed E-state index contributed by atoms with van der Waals surface area (Å²) in [5.41, 5.74) is 6.22. The number of aromatic nitrogens is 2. The molecule has 2 N–H and O–H groups in total. The van der Waals surface area contributed by atoms with Crippen LogP contribution in [0, 0.1) is 0 Å². The van der Waals surface area contributed by atoms with Crippen LogP contribution in [0.4, 0.5) is 5.69 Å². The molecule has 0 amide bonds. The maximum Gasteiger partial charge on any atom is 0.361 e. The van der Waals surface area contributed by atoms with Gasteiger partial charge in [0.15, 0.2) is 5.69 Å². The molecular weight excluding hydrogens is 210 g/mol. The SMILES string of the molecule is CCn1cc(N)c(C(=O)OC2CCOC2)n1. The third-order valence-electron chi connectivity index (χ3n) is 2.47. The molecule has 0 aliphatic carbocycles. The summed E-state index contributed by atoms with van der Waals surface area (Å²) in [6, 6.07) is 0. The van der Waals surface area contributed by atoms with Crippen molar-refractivity contribution in [1.29, 1.82) is 0 Å². The number of esters is 1. The number of aryl methyl sites for hydroxylation is 1. The Bertz CT molecular complexity index is 383. The summed E-state index contributed by atoms with van der Waals surface area (Å²) in [6.45, 7) is 3.69. The average molecular weight is 225 g/mol. The second-order valence-electron chi connectivity index (χ2n) is 3.68. The number of anilines is 1. The van der Waals surface area contributed by atoms with Gasteiger partial charge in [-0.05, 0) is 6.92 Å². The Morgan fingerprint density at radius 1 is 1.81 bits per heavy atom. The first-order chi connectivity index (χ1) is 7.70. The topological polar surface area (TPSA) is 79.4 Å². The highest BCUT2D eigenvalue weighted by molar-refractivity contribution is 5.92. The van der Waals surface area contributed by atoms with Crippen LogP contribution in [-0.2, 0) is 16.0 Å². The zero-order valence-corrected chi connectivity index (χ0v) is 9.18. The van der Waals surface area contributed by atoms with Gasteiger partial charge in [-0.25, -0.2) is 4.79 Å². The Balaban J connectivity index is 2.04. The molecule has 2 heterocycles. The molecule has 16 heavy (non-hydrogen) atoms. The highest BCUT2D eigenvalue weighted by Crippen LogP contribution is 2.15. The predicted octanol–water partition coefficient (Wildman–Crippen LogP) is 0.431. The van der Waals surface area contributed by atoms with Gasteiger partial charge in [-0.15, -0.1) is 0 Å². The van der Waals surface area contributed by atoms with E-state index in [1.165, 1.54) is 0 Å². The first kappa shape index (κ1) is 10.9. The van der Waals surface area contributed by atoms with Crippen LogP contribution in [-0.4, -0.2) is 35.1 Å². The molecule has 6 nitrogen and oxygen atoms in total. The van der Waals surface area contributed by atoms with Crippen molar-refractivity contribution in [1.82, 2.24) is 9.78 Å². The van der Waals surface area contributed by atoms with E-state index < -0.39 is 5.97 Å². The Kier molecular flexibility index (Phi) is 3.09. The van der Waals surface area contributed by atoms with E-state index in [4.69, 9.17) is 15.2 Å². The summed E-state index contributed by atoms with van der Waals surface area (Å²) >= 11 is 0. The summed E-state index contributed by atoms with van der Waals surface area (Å²) < 4.78 is 11.9. The van der Waals surface area contributed by atoms with Gasteiger partial charge in [0.1, 0.15) is 6.10 Å². The lowest BCUT2D eigenvalue weighted by atomic mass is 10.3. The van der Waals surface area contributed by atoms with Gasteiger partial charge in [0.05, 0.1) is 18.9 Å². The molecule has 0 saturated carbocycles. The number of rotatable bonds is 3. The van der Waals surface area contributed by atoms with Crippen molar-refractivity contribution in [3.05, 3.63) is 11.9 Å². The van der Waals surface area contributed by atoms with E-state index in [0.717, 1.165) is 6.42 Å². The molecule has 2 rings (SSSR count). The van der Waals surface area contributed by atoms with Crippen molar-refractivity contribution >= 4 is 11.7 Å². The number of nitrogens with zero attached hydrogens (tertiary/aromatic N) is 2. The molecule has 0 aromatic carbocycles. The summed E-state index contributed by atoms with van der Waals surface area (Å²) in [6.07, 6.45) is 2.20. The van der Waals surface area contributed by atoms with Crippen molar-refractivity contribution in [3.63, 3.8) is 0 Å². The zero-order chi connectivity index (χ0) is 11.5. The average Bonchev–Trinajstić information content (AvgIpc) is 2.87. The van der Waals surface area contributed by atoms with E-state index in [1.54, 1.807) is 10.9 Å². The van der Waals surface area contributed by atoms with Crippen LogP contribution in [0.3, 0.4) is 0 Å². The van der Waals surface area contributed by atoms with Crippen LogP contribution >= 0.6 is 0 Å². The van der Waals surface area contributed by atoms with E-state index in [0.29, 0.717) is 25.4 Å². The Morgan fingerprint density at radius 3 is 3.19 bits per heavy atom. The molecular formula is C10H15N3O3. The van der Waals surface area contributed by atoms with Gasteiger partial charge in [0.2, 0.25) is 0 Å². The first-order valence-electron chi connectivity index (χ1n) is 5.32. The molecule has 1 fully saturated rings. The molecule has 0 radical (unpaired) electrons. The Morgan fingerprint density at radius 2 is 2.62 bits per heavy atom. The van der Waals surface area contributed by atoms with Crippen LogP contribution in [0.25, 0.3) is 0 Å². The number of carbonyl (C=O) groups is 1. The van der Waals surface area contributed by atoms with E-state index >= 15 is 0 Å². The van der Waals surface area contributed by atoms with Gasteiger partial charge < -0.3 is 15.2 Å². The van der Waals surface area contributed by atoms with Gasteiger partial charge in [-0.1, -0.05) is 0 Å². The third-order valence-corrected chi connectivity index (χ3v) is 2.47. The minimum atomic E-state index is -0.472. The lowest BCUT2D eigenvalue weighted by molar-refractivity contribution is 0.0264. The summed E-state index contributed by atoms with van der Waals surface area (Å²) in [5.74, 6) is -0.472. The van der Waals surface area contributed by atoms with E-state index in [9.17, 15) is 4.79 Å². The van der Waals surface area contributed by atoms with Crippen molar-refractivity contribution < 1.29 is 14.3 Å². The van der Waals surface area contributed by atoms with Crippen LogP contribution in [0.1, 0.15) is 23.8 Å². The van der Waals surface area contributed by atoms with Gasteiger partial charge >= 0.3 is 5.97 Å². The fourth-order valence-corrected chi connectivity index (χ4v) is 1.57. The standard InChI is InChI=1S/C10H15N3O3/c1-2-13-5-8(11)9(12-13)10(14)16-7-3-4-15-6-7/h5,7H,2-4,6,11H2,1H3. The van der Waals surface area contributed by atoms with Gasteiger partial charge in [0.25, 0.3) is 0 Å². The second kappa shape index (κ2) is 4.52. The molecule has 1 saturated heterocycles. The molecule has 1 aromatic heterocycles. The monoisotopic (exact) mass is 225 g/mol. The highest BCUT2D eigenvalue weighted by Gasteiger charge is 2.23. The van der Waals surface area contributed by atoms with Gasteiger partial charge in [0, 0.05) is 19.2 Å². The number of hydrogen-bond donors (Lipinski definition) is 1. The molecule has 1 aliphatic rings. The number of hydrogen-bond acceptors (Lipinski definition) is 5. The molecule has 0 spiro atoms. The van der Waals surface area contributed by atoms with Crippen molar-refractivity contribution in [2.75, 3.05) is 18.9 Å². The van der Waals surface area contributed by atoms with E-state index in [1.807, 2.05) is 6.92 Å². The molecule has 1 aliphatic heterocycles. The fourth-order valence-electron chi connectivity index (χ4n) is 1.57. The lowest BCUT2D eigenvalue weighted by Crippen LogP contribution is -2.19. The van der Waals surface area contributed by atoms with Crippen LogP contribution < -0.4 is 5.73 Å². The van der Waals surface area contributed by atoms with Crippen molar-refractivity contribution in [2.24, 2.45) is 0 Å². The Hall–Kier alpha value is -1.56. The summed E-state index contributed by atoms with van der Waals surface area (Å²) in [7, 11) is 0. The number of nitrogen functional groups attached to an aromatic ring is 1. The summed E-state index contributed by atoms with van der Waals surface area (Å²) in [4.78, 5) is 11.7. The minimum absolute atomic E-state index is 0.168. The minimum Gasteiger partial charge on any atom is -0.455 e. The molecule has 0 bridgehead atoms. The van der Waals surface area contributed by atoms with Gasteiger partial charge in [-0.3, -0.25) is 4.68 Å². The second-order valence-corrected chi connectivity index (χ2v) is 3.68. The fraction of sp³-hybridized carbons (Fsp3) is 0.600. The molecule has 6 heteroatoms. The molecule has 1 aromatic rings. The Labute approximate surface area is 93.3 Å². The van der Waals surface area contributed by atoms with Crippen molar-refractivity contribution in [3.8, 4) is 0 Å². The largest absolute Gasteiger partial charge is 0.455 e. The van der Waals surface area contributed by atoms with E-state index in [-0.39, 0.29) is 11.8 Å². The maximum atomic E-state index is 11.7. The van der Waals surface area contributed by atoms with Crippen molar-refractivity contribution in [2.45, 2.75) is 26.0 Å².